The molecule has 1 unspecified atom stereocenters. The van der Waals surface area contributed by atoms with Crippen LogP contribution in [0.1, 0.15) is 31.1 Å². The number of piperidine rings is 1. The van der Waals surface area contributed by atoms with E-state index in [4.69, 9.17) is 9.15 Å². The van der Waals surface area contributed by atoms with Crippen molar-refractivity contribution in [3.05, 3.63) is 54.5 Å². The predicted molar refractivity (Wildman–Crippen MR) is 103 cm³/mol. The van der Waals surface area contributed by atoms with Crippen molar-refractivity contribution in [2.45, 2.75) is 25.4 Å². The molecule has 28 heavy (non-hydrogen) atoms. The van der Waals surface area contributed by atoms with Gasteiger partial charge in [0.15, 0.2) is 0 Å². The molecule has 1 aromatic carbocycles. The van der Waals surface area contributed by atoms with Gasteiger partial charge in [-0.25, -0.2) is 0 Å². The number of aliphatic hydroxyl groups excluding tert-OH is 1. The summed E-state index contributed by atoms with van der Waals surface area (Å²) in [6.45, 7) is 1.57. The number of benzene rings is 1. The molecule has 1 atom stereocenters. The molecule has 3 rings (SSSR count). The van der Waals surface area contributed by atoms with Crippen LogP contribution in [0.15, 0.2) is 53.1 Å². The fourth-order valence-corrected chi connectivity index (χ4v) is 3.25. The lowest BCUT2D eigenvalue weighted by Crippen LogP contribution is -2.43. The second kappa shape index (κ2) is 9.94. The maximum Gasteiger partial charge on any atom is 0.225 e. The van der Waals surface area contributed by atoms with Crippen molar-refractivity contribution in [3.8, 4) is 5.75 Å². The van der Waals surface area contributed by atoms with Gasteiger partial charge in [-0.2, -0.15) is 0 Å². The van der Waals surface area contributed by atoms with Crippen LogP contribution in [0.25, 0.3) is 0 Å². The minimum Gasteiger partial charge on any atom is -0.493 e. The molecular weight excluding hydrogens is 360 g/mol. The van der Waals surface area contributed by atoms with Crippen molar-refractivity contribution in [3.63, 3.8) is 0 Å². The third-order valence-corrected chi connectivity index (χ3v) is 4.89. The highest BCUT2D eigenvalue weighted by atomic mass is 16.5. The van der Waals surface area contributed by atoms with Gasteiger partial charge in [0.25, 0.3) is 0 Å². The van der Waals surface area contributed by atoms with E-state index in [-0.39, 0.29) is 24.3 Å². The van der Waals surface area contributed by atoms with Gasteiger partial charge in [-0.05, 0) is 37.1 Å². The molecule has 1 aliphatic rings. The Kier molecular flexibility index (Phi) is 7.08. The number of hydrogen-bond donors (Lipinski definition) is 2. The van der Waals surface area contributed by atoms with Crippen LogP contribution in [-0.4, -0.2) is 48.1 Å². The summed E-state index contributed by atoms with van der Waals surface area (Å²) in [6.07, 6.45) is 2.19. The molecule has 1 saturated heterocycles. The Morgan fingerprint density at radius 2 is 1.93 bits per heavy atom. The molecular formula is C21H26N2O5. The third-order valence-electron chi connectivity index (χ3n) is 4.89. The lowest BCUT2D eigenvalue weighted by molar-refractivity contribution is -0.136. The van der Waals surface area contributed by atoms with Crippen LogP contribution < -0.4 is 10.1 Å². The number of ether oxygens (including phenoxy) is 1. The summed E-state index contributed by atoms with van der Waals surface area (Å²) < 4.78 is 10.7. The van der Waals surface area contributed by atoms with E-state index in [0.717, 1.165) is 5.75 Å². The van der Waals surface area contributed by atoms with Gasteiger partial charge in [0.2, 0.25) is 11.8 Å². The first-order valence-electron chi connectivity index (χ1n) is 9.58. The smallest absolute Gasteiger partial charge is 0.225 e. The second-order valence-electron chi connectivity index (χ2n) is 6.84. The molecule has 2 N–H and O–H groups in total. The van der Waals surface area contributed by atoms with Crippen LogP contribution in [0, 0.1) is 5.92 Å². The van der Waals surface area contributed by atoms with E-state index in [2.05, 4.69) is 5.32 Å². The number of nitrogens with zero attached hydrogens (tertiary/aromatic N) is 1. The topological polar surface area (TPSA) is 92.0 Å². The first-order valence-corrected chi connectivity index (χ1v) is 9.58. The van der Waals surface area contributed by atoms with Gasteiger partial charge in [0.1, 0.15) is 17.6 Å². The van der Waals surface area contributed by atoms with E-state index >= 15 is 0 Å². The zero-order chi connectivity index (χ0) is 19.8. The van der Waals surface area contributed by atoms with Crippen LogP contribution in [0.4, 0.5) is 0 Å². The lowest BCUT2D eigenvalue weighted by Gasteiger charge is -2.31. The largest absolute Gasteiger partial charge is 0.493 e. The summed E-state index contributed by atoms with van der Waals surface area (Å²) in [5.41, 5.74) is 0. The van der Waals surface area contributed by atoms with E-state index in [1.807, 2.05) is 30.3 Å². The van der Waals surface area contributed by atoms with Crippen LogP contribution in [0.2, 0.25) is 0 Å². The highest BCUT2D eigenvalue weighted by Crippen LogP contribution is 2.19. The number of para-hydroxylation sites is 1. The van der Waals surface area contributed by atoms with E-state index < -0.39 is 6.10 Å². The fraction of sp³-hybridized carbons (Fsp3) is 0.429. The number of furan rings is 1. The molecule has 1 fully saturated rings. The monoisotopic (exact) mass is 386 g/mol. The van der Waals surface area contributed by atoms with Gasteiger partial charge >= 0.3 is 0 Å². The lowest BCUT2D eigenvalue weighted by atomic mass is 9.95. The van der Waals surface area contributed by atoms with Crippen molar-refractivity contribution >= 4 is 11.8 Å². The Hall–Kier alpha value is -2.80. The molecule has 0 saturated carbocycles. The minimum atomic E-state index is -0.856. The first-order chi connectivity index (χ1) is 13.6. The zero-order valence-electron chi connectivity index (χ0n) is 15.8. The molecule has 2 amide bonds. The molecule has 1 aromatic heterocycles. The van der Waals surface area contributed by atoms with E-state index in [9.17, 15) is 14.7 Å². The molecule has 7 heteroatoms. The van der Waals surface area contributed by atoms with Crippen molar-refractivity contribution < 1.29 is 23.8 Å². The molecule has 7 nitrogen and oxygen atoms in total. The molecule has 0 spiro atoms. The number of amides is 2. The van der Waals surface area contributed by atoms with Crippen LogP contribution >= 0.6 is 0 Å². The summed E-state index contributed by atoms with van der Waals surface area (Å²) >= 11 is 0. The van der Waals surface area contributed by atoms with E-state index in [0.29, 0.717) is 44.7 Å². The number of rotatable bonds is 8. The van der Waals surface area contributed by atoms with Gasteiger partial charge in [-0.3, -0.25) is 9.59 Å². The SMILES string of the molecule is O=C(NCC(O)c1ccco1)C1CCN(C(=O)CCOc2ccccc2)CC1. The Labute approximate surface area is 164 Å². The molecule has 0 radical (unpaired) electrons. The van der Waals surface area contributed by atoms with Gasteiger partial charge in [-0.1, -0.05) is 18.2 Å². The fourth-order valence-electron chi connectivity index (χ4n) is 3.25. The van der Waals surface area contributed by atoms with Crippen molar-refractivity contribution in [2.24, 2.45) is 5.92 Å². The Morgan fingerprint density at radius 3 is 2.61 bits per heavy atom. The average Bonchev–Trinajstić information content (AvgIpc) is 3.27. The summed E-state index contributed by atoms with van der Waals surface area (Å²) in [5, 5.41) is 12.7. The Bertz CT molecular complexity index is 739. The highest BCUT2D eigenvalue weighted by Gasteiger charge is 2.27. The molecule has 1 aliphatic heterocycles. The van der Waals surface area contributed by atoms with Gasteiger partial charge in [0, 0.05) is 19.0 Å². The summed E-state index contributed by atoms with van der Waals surface area (Å²) in [4.78, 5) is 26.4. The maximum absolute atomic E-state index is 12.3. The van der Waals surface area contributed by atoms with Crippen molar-refractivity contribution in [2.75, 3.05) is 26.2 Å². The number of aliphatic hydroxyl groups is 1. The molecule has 0 bridgehead atoms. The average molecular weight is 386 g/mol. The molecule has 2 heterocycles. The Balaban J connectivity index is 1.34. The van der Waals surface area contributed by atoms with Crippen LogP contribution in [0.3, 0.4) is 0 Å². The minimum absolute atomic E-state index is 0.0445. The van der Waals surface area contributed by atoms with Gasteiger partial charge in [0.05, 0.1) is 25.8 Å². The first kappa shape index (κ1) is 19.9. The number of nitrogens with one attached hydrogen (secondary N) is 1. The molecule has 150 valence electrons. The van der Waals surface area contributed by atoms with Gasteiger partial charge < -0.3 is 24.5 Å². The van der Waals surface area contributed by atoms with Crippen molar-refractivity contribution in [1.82, 2.24) is 10.2 Å². The van der Waals surface area contributed by atoms with E-state index in [1.165, 1.54) is 6.26 Å². The summed E-state index contributed by atoms with van der Waals surface area (Å²) in [7, 11) is 0. The number of carbonyl (C=O) groups is 2. The maximum atomic E-state index is 12.3. The number of hydrogen-bond acceptors (Lipinski definition) is 5. The van der Waals surface area contributed by atoms with Gasteiger partial charge in [-0.15, -0.1) is 0 Å². The number of carbonyl (C=O) groups excluding carboxylic acids is 2. The quantitative estimate of drug-likeness (QED) is 0.725. The molecule has 0 aliphatic carbocycles. The third kappa shape index (κ3) is 5.60. The standard InChI is InChI=1S/C21H26N2O5/c24-18(19-7-4-13-28-19)15-22-21(26)16-8-11-23(12-9-16)20(25)10-14-27-17-5-2-1-3-6-17/h1-7,13,16,18,24H,8-12,14-15H2,(H,22,26). The van der Waals surface area contributed by atoms with Crippen LogP contribution in [-0.2, 0) is 9.59 Å². The molecule has 2 aromatic rings. The zero-order valence-corrected chi connectivity index (χ0v) is 15.8. The predicted octanol–water partition coefficient (Wildman–Crippen LogP) is 2.14. The summed E-state index contributed by atoms with van der Waals surface area (Å²) in [6, 6.07) is 12.8. The second-order valence-corrected chi connectivity index (χ2v) is 6.84. The Morgan fingerprint density at radius 1 is 1.18 bits per heavy atom. The number of likely N-dealkylation sites (tertiary alicyclic amines) is 1. The van der Waals surface area contributed by atoms with Crippen LogP contribution in [0.5, 0.6) is 5.75 Å². The van der Waals surface area contributed by atoms with Crippen molar-refractivity contribution in [1.29, 1.82) is 0 Å². The highest BCUT2D eigenvalue weighted by molar-refractivity contribution is 5.80. The van der Waals surface area contributed by atoms with E-state index in [1.54, 1.807) is 17.0 Å². The normalized spacial score (nSPS) is 15.8. The summed E-state index contributed by atoms with van der Waals surface area (Å²) in [5.74, 6) is 0.988.